The highest BCUT2D eigenvalue weighted by Crippen LogP contribution is 2.08. The minimum atomic E-state index is 0.241. The Balaban J connectivity index is 3.32. The summed E-state index contributed by atoms with van der Waals surface area (Å²) in [5, 5.41) is 0. The lowest BCUT2D eigenvalue weighted by Gasteiger charge is -2.15. The van der Waals surface area contributed by atoms with Gasteiger partial charge in [-0.25, -0.2) is 0 Å². The molecule has 1 radical (unpaired) electrons. The molecule has 0 aromatic heterocycles. The number of hydrogen-bond acceptors (Lipinski definition) is 2. The van der Waals surface area contributed by atoms with Gasteiger partial charge >= 0.3 is 0 Å². The fourth-order valence-electron chi connectivity index (χ4n) is 0.540. The summed E-state index contributed by atoms with van der Waals surface area (Å²) in [7, 11) is 3.35. The molecule has 0 aromatic rings. The summed E-state index contributed by atoms with van der Waals surface area (Å²) >= 11 is 0. The van der Waals surface area contributed by atoms with Crippen LogP contribution in [-0.4, -0.2) is 20.3 Å². The highest BCUT2D eigenvalue weighted by Gasteiger charge is 2.09. The topological polar surface area (TPSA) is 18.5 Å². The largest absolute Gasteiger partial charge is 0.381 e. The van der Waals surface area contributed by atoms with Crippen molar-refractivity contribution >= 4 is 0 Å². The van der Waals surface area contributed by atoms with E-state index in [0.717, 1.165) is 0 Å². The van der Waals surface area contributed by atoms with E-state index in [9.17, 15) is 0 Å². The van der Waals surface area contributed by atoms with Crippen molar-refractivity contribution in [1.82, 2.24) is 0 Å². The van der Waals surface area contributed by atoms with Crippen molar-refractivity contribution in [2.75, 3.05) is 14.2 Å². The van der Waals surface area contributed by atoms with Crippen molar-refractivity contribution in [3.8, 4) is 0 Å². The fourth-order valence-corrected chi connectivity index (χ4v) is 0.540. The maximum absolute atomic E-state index is 5.05. The molecule has 2 heteroatoms. The molecule has 0 saturated heterocycles. The third kappa shape index (κ3) is 3.49. The van der Waals surface area contributed by atoms with Gasteiger partial charge in [0.15, 0.2) is 0 Å². The van der Waals surface area contributed by atoms with Crippen LogP contribution in [-0.2, 0) is 9.47 Å². The SMILES string of the molecule is CO[CH]C(C)C(C)OC. The molecule has 0 aliphatic carbocycles. The first-order valence-corrected chi connectivity index (χ1v) is 3.11. The van der Waals surface area contributed by atoms with Gasteiger partial charge in [0.1, 0.15) is 0 Å². The van der Waals surface area contributed by atoms with E-state index in [1.807, 2.05) is 6.92 Å². The van der Waals surface area contributed by atoms with Crippen LogP contribution in [0.3, 0.4) is 0 Å². The molecule has 0 bridgehead atoms. The molecule has 2 atom stereocenters. The van der Waals surface area contributed by atoms with Crippen molar-refractivity contribution in [2.45, 2.75) is 20.0 Å². The quantitative estimate of drug-likeness (QED) is 0.575. The third-order valence-electron chi connectivity index (χ3n) is 1.46. The van der Waals surface area contributed by atoms with Crippen LogP contribution in [0.2, 0.25) is 0 Å². The third-order valence-corrected chi connectivity index (χ3v) is 1.46. The predicted octanol–water partition coefficient (Wildman–Crippen LogP) is 1.47. The van der Waals surface area contributed by atoms with Gasteiger partial charge in [-0.2, -0.15) is 0 Å². The molecule has 0 saturated carbocycles. The Bertz CT molecular complexity index is 63.9. The van der Waals surface area contributed by atoms with Crippen LogP contribution in [0.1, 0.15) is 13.8 Å². The van der Waals surface area contributed by atoms with Gasteiger partial charge in [-0.05, 0) is 6.92 Å². The lowest BCUT2D eigenvalue weighted by atomic mass is 10.1. The predicted molar refractivity (Wildman–Crippen MR) is 36.9 cm³/mol. The molecular formula is C7H15O2. The first kappa shape index (κ1) is 8.92. The zero-order valence-corrected chi connectivity index (χ0v) is 6.55. The first-order valence-electron chi connectivity index (χ1n) is 3.11. The van der Waals surface area contributed by atoms with E-state index in [2.05, 4.69) is 6.92 Å². The molecule has 0 rings (SSSR count). The van der Waals surface area contributed by atoms with Crippen molar-refractivity contribution < 1.29 is 9.47 Å². The lowest BCUT2D eigenvalue weighted by Crippen LogP contribution is -2.16. The molecule has 9 heavy (non-hydrogen) atoms. The van der Waals surface area contributed by atoms with Gasteiger partial charge in [-0.1, -0.05) is 6.92 Å². The summed E-state index contributed by atoms with van der Waals surface area (Å²) in [6.45, 7) is 5.84. The van der Waals surface area contributed by atoms with Crippen molar-refractivity contribution in [3.63, 3.8) is 0 Å². The smallest absolute Gasteiger partial charge is 0.0886 e. The van der Waals surface area contributed by atoms with Gasteiger partial charge < -0.3 is 9.47 Å². The van der Waals surface area contributed by atoms with Crippen molar-refractivity contribution in [1.29, 1.82) is 0 Å². The molecule has 2 unspecified atom stereocenters. The van der Waals surface area contributed by atoms with Crippen LogP contribution in [0.5, 0.6) is 0 Å². The minimum absolute atomic E-state index is 0.241. The molecule has 55 valence electrons. The Morgan fingerprint density at radius 2 is 1.78 bits per heavy atom. The maximum Gasteiger partial charge on any atom is 0.0886 e. The molecule has 0 amide bonds. The lowest BCUT2D eigenvalue weighted by molar-refractivity contribution is 0.0601. The zero-order chi connectivity index (χ0) is 7.28. The second kappa shape index (κ2) is 4.77. The first-order chi connectivity index (χ1) is 4.22. The minimum Gasteiger partial charge on any atom is -0.381 e. The normalized spacial score (nSPS) is 17.3. The Labute approximate surface area is 57.2 Å². The van der Waals surface area contributed by atoms with Gasteiger partial charge in [0.25, 0.3) is 0 Å². The molecule has 0 fully saturated rings. The Kier molecular flexibility index (Phi) is 4.72. The summed E-state index contributed by atoms with van der Waals surface area (Å²) in [6.07, 6.45) is 0.241. The Morgan fingerprint density at radius 1 is 1.22 bits per heavy atom. The summed E-state index contributed by atoms with van der Waals surface area (Å²) in [5.41, 5.74) is 0. The molecule has 0 N–H and O–H groups in total. The van der Waals surface area contributed by atoms with E-state index in [-0.39, 0.29) is 6.10 Å². The highest BCUT2D eigenvalue weighted by molar-refractivity contribution is 4.67. The van der Waals surface area contributed by atoms with Crippen LogP contribution < -0.4 is 0 Å². The summed E-state index contributed by atoms with van der Waals surface area (Å²) in [6, 6.07) is 0. The molecule has 0 aromatic carbocycles. The van der Waals surface area contributed by atoms with E-state index in [4.69, 9.17) is 9.47 Å². The zero-order valence-electron chi connectivity index (χ0n) is 6.55. The second-order valence-electron chi connectivity index (χ2n) is 2.17. The average molecular weight is 131 g/mol. The van der Waals surface area contributed by atoms with Crippen molar-refractivity contribution in [3.05, 3.63) is 6.61 Å². The Hall–Kier alpha value is -0.0800. The van der Waals surface area contributed by atoms with Crippen LogP contribution in [0.15, 0.2) is 0 Å². The monoisotopic (exact) mass is 131 g/mol. The fraction of sp³-hybridized carbons (Fsp3) is 0.857. The highest BCUT2D eigenvalue weighted by atomic mass is 16.5. The van der Waals surface area contributed by atoms with E-state index < -0.39 is 0 Å². The number of rotatable bonds is 4. The number of ether oxygens (including phenoxy) is 2. The van der Waals surface area contributed by atoms with E-state index in [1.165, 1.54) is 0 Å². The average Bonchev–Trinajstić information content (AvgIpc) is 1.87. The summed E-state index contributed by atoms with van der Waals surface area (Å²) < 4.78 is 9.87. The van der Waals surface area contributed by atoms with Gasteiger partial charge in [-0.3, -0.25) is 0 Å². The molecule has 0 aliphatic rings. The number of hydrogen-bond donors (Lipinski definition) is 0. The number of methoxy groups -OCH3 is 2. The van der Waals surface area contributed by atoms with E-state index in [1.54, 1.807) is 20.8 Å². The van der Waals surface area contributed by atoms with Crippen LogP contribution in [0.4, 0.5) is 0 Å². The standard InChI is InChI=1S/C7H15O2/c1-6(5-8-3)7(2)9-4/h5-7H,1-4H3. The second-order valence-corrected chi connectivity index (χ2v) is 2.17. The van der Waals surface area contributed by atoms with Gasteiger partial charge in [0, 0.05) is 20.1 Å². The molecule has 0 aliphatic heterocycles. The Morgan fingerprint density at radius 3 is 2.11 bits per heavy atom. The molecule has 0 heterocycles. The van der Waals surface area contributed by atoms with Crippen molar-refractivity contribution in [2.24, 2.45) is 5.92 Å². The maximum atomic E-state index is 5.05. The van der Waals surface area contributed by atoms with Gasteiger partial charge in [0.05, 0.1) is 12.7 Å². The van der Waals surface area contributed by atoms with Crippen LogP contribution >= 0.6 is 0 Å². The van der Waals surface area contributed by atoms with Gasteiger partial charge in [-0.15, -0.1) is 0 Å². The molecule has 2 nitrogen and oxygen atoms in total. The summed E-state index contributed by atoms with van der Waals surface area (Å²) in [4.78, 5) is 0. The van der Waals surface area contributed by atoms with E-state index >= 15 is 0 Å². The molecule has 0 spiro atoms. The van der Waals surface area contributed by atoms with Crippen LogP contribution in [0, 0.1) is 12.5 Å². The van der Waals surface area contributed by atoms with E-state index in [0.29, 0.717) is 5.92 Å². The molecular weight excluding hydrogens is 116 g/mol. The summed E-state index contributed by atoms with van der Waals surface area (Å²) in [5.74, 6) is 0.361. The van der Waals surface area contributed by atoms with Crippen LogP contribution in [0.25, 0.3) is 0 Å². The van der Waals surface area contributed by atoms with Gasteiger partial charge in [0.2, 0.25) is 0 Å².